The van der Waals surface area contributed by atoms with Crippen molar-refractivity contribution in [3.63, 3.8) is 0 Å². The maximum atomic E-state index is 13.0. The van der Waals surface area contributed by atoms with Crippen LogP contribution in [0.5, 0.6) is 0 Å². The Hall–Kier alpha value is -3.07. The third-order valence-electron chi connectivity index (χ3n) is 4.68. The molecule has 0 saturated carbocycles. The van der Waals surface area contributed by atoms with Crippen molar-refractivity contribution in [3.8, 4) is 0 Å². The normalized spacial score (nSPS) is 17.6. The highest BCUT2D eigenvalue weighted by atomic mass is 32.1. The summed E-state index contributed by atoms with van der Waals surface area (Å²) in [6.07, 6.45) is 3.39. The number of nitrogen functional groups attached to an aromatic ring is 1. The molecule has 1 aromatic carbocycles. The van der Waals surface area contributed by atoms with Crippen molar-refractivity contribution in [2.45, 2.75) is 38.6 Å². The molecule has 0 bridgehead atoms. The van der Waals surface area contributed by atoms with Gasteiger partial charge < -0.3 is 26.2 Å². The van der Waals surface area contributed by atoms with E-state index in [2.05, 4.69) is 25.3 Å². The molecule has 3 rings (SSSR count). The number of hydrogen-bond donors (Lipinski definition) is 3. The van der Waals surface area contributed by atoms with Gasteiger partial charge in [-0.1, -0.05) is 12.1 Å². The van der Waals surface area contributed by atoms with E-state index in [-0.39, 0.29) is 23.8 Å². The molecule has 1 aliphatic rings. The summed E-state index contributed by atoms with van der Waals surface area (Å²) >= 11 is 1.35. The molecule has 1 saturated heterocycles. The monoisotopic (exact) mass is 431 g/mol. The minimum absolute atomic E-state index is 0.0533. The van der Waals surface area contributed by atoms with Crippen molar-refractivity contribution >= 4 is 42.3 Å². The SMILES string of the molecule is C=N.C=N.CCOC(=O)c1cnc(C2CC[C@@H](C)N(C(=O)c3ccccc3N)C2)s1. The summed E-state index contributed by atoms with van der Waals surface area (Å²) in [5, 5.41) is 11.9. The number of likely N-dealkylation sites (tertiary alicyclic amines) is 1. The lowest BCUT2D eigenvalue weighted by Gasteiger charge is -2.37. The fourth-order valence-electron chi connectivity index (χ4n) is 3.21. The summed E-state index contributed by atoms with van der Waals surface area (Å²) in [6, 6.07) is 7.29. The lowest BCUT2D eigenvalue weighted by molar-refractivity contribution is 0.0531. The van der Waals surface area contributed by atoms with Crippen LogP contribution in [0.2, 0.25) is 0 Å². The van der Waals surface area contributed by atoms with E-state index in [0.29, 0.717) is 29.3 Å². The lowest BCUT2D eigenvalue weighted by atomic mass is 9.93. The number of rotatable bonds is 4. The van der Waals surface area contributed by atoms with E-state index in [1.54, 1.807) is 25.3 Å². The van der Waals surface area contributed by atoms with Crippen molar-refractivity contribution < 1.29 is 14.3 Å². The van der Waals surface area contributed by atoms with Crippen LogP contribution in [0, 0.1) is 10.8 Å². The summed E-state index contributed by atoms with van der Waals surface area (Å²) in [5.74, 6) is -0.277. The lowest BCUT2D eigenvalue weighted by Crippen LogP contribution is -2.45. The van der Waals surface area contributed by atoms with E-state index in [1.165, 1.54) is 11.3 Å². The fourth-order valence-corrected chi connectivity index (χ4v) is 4.15. The Morgan fingerprint density at radius 2 is 1.93 bits per heavy atom. The van der Waals surface area contributed by atoms with Gasteiger partial charge in [-0.25, -0.2) is 9.78 Å². The highest BCUT2D eigenvalue weighted by Crippen LogP contribution is 2.33. The van der Waals surface area contributed by atoms with Crippen LogP contribution < -0.4 is 5.73 Å². The smallest absolute Gasteiger partial charge is 0.349 e. The number of nitrogens with two attached hydrogens (primary N) is 1. The molecule has 1 aromatic heterocycles. The quantitative estimate of drug-likeness (QED) is 0.384. The number of piperidine rings is 1. The van der Waals surface area contributed by atoms with E-state index >= 15 is 0 Å². The standard InChI is InChI=1S/C19H23N3O3S.2CH3N/c1-3-25-19(24)16-10-21-17(26-16)13-9-8-12(2)22(11-13)18(23)14-6-4-5-7-15(14)20;2*1-2/h4-7,10,12-13H,3,8-9,11,20H2,1-2H3;2*2H,1H2/t12-,13?;;/m1../s1. The molecular weight excluding hydrogens is 402 g/mol. The first-order valence-electron chi connectivity index (χ1n) is 9.50. The molecule has 0 aliphatic carbocycles. The second-order valence-electron chi connectivity index (χ2n) is 6.45. The van der Waals surface area contributed by atoms with Gasteiger partial charge in [0, 0.05) is 24.2 Å². The van der Waals surface area contributed by atoms with Gasteiger partial charge in [-0.3, -0.25) is 4.79 Å². The molecule has 162 valence electrons. The molecule has 1 aliphatic heterocycles. The van der Waals surface area contributed by atoms with E-state index in [9.17, 15) is 9.59 Å². The second kappa shape index (κ2) is 12.5. The third kappa shape index (κ3) is 5.96. The van der Waals surface area contributed by atoms with E-state index in [4.69, 9.17) is 21.3 Å². The largest absolute Gasteiger partial charge is 0.462 e. The number of nitrogens with zero attached hydrogens (tertiary/aromatic N) is 2. The Bertz CT molecular complexity index is 840. The molecular formula is C21H29N5O3S. The highest BCUT2D eigenvalue weighted by Gasteiger charge is 2.32. The zero-order valence-electron chi connectivity index (χ0n) is 17.4. The predicted molar refractivity (Wildman–Crippen MR) is 121 cm³/mol. The molecule has 2 heterocycles. The topological polar surface area (TPSA) is 133 Å². The van der Waals surface area contributed by atoms with Gasteiger partial charge in [0.1, 0.15) is 4.88 Å². The third-order valence-corrected chi connectivity index (χ3v) is 5.82. The number of carbonyl (C=O) groups excluding carboxylic acids is 2. The number of nitrogens with one attached hydrogen (secondary N) is 2. The number of aromatic nitrogens is 1. The van der Waals surface area contributed by atoms with Crippen LogP contribution in [0.3, 0.4) is 0 Å². The molecule has 0 radical (unpaired) electrons. The van der Waals surface area contributed by atoms with Crippen molar-refractivity contribution in [2.75, 3.05) is 18.9 Å². The first kappa shape index (κ1) is 25.0. The van der Waals surface area contributed by atoms with Gasteiger partial charge in [-0.05, 0) is 52.3 Å². The summed E-state index contributed by atoms with van der Waals surface area (Å²) in [7, 11) is 0. The van der Waals surface area contributed by atoms with Crippen LogP contribution in [0.25, 0.3) is 0 Å². The van der Waals surface area contributed by atoms with E-state index < -0.39 is 0 Å². The Morgan fingerprint density at radius 3 is 2.57 bits per heavy atom. The molecule has 4 N–H and O–H groups in total. The number of para-hydroxylation sites is 1. The van der Waals surface area contributed by atoms with Crippen LogP contribution in [0.4, 0.5) is 5.69 Å². The Morgan fingerprint density at radius 1 is 1.27 bits per heavy atom. The van der Waals surface area contributed by atoms with Gasteiger partial charge in [-0.2, -0.15) is 0 Å². The minimum atomic E-state index is -0.342. The molecule has 1 amide bonds. The Balaban J connectivity index is 0.00000106. The van der Waals surface area contributed by atoms with E-state index in [1.807, 2.05) is 17.0 Å². The molecule has 9 heteroatoms. The van der Waals surface area contributed by atoms with Gasteiger partial charge in [0.15, 0.2) is 0 Å². The highest BCUT2D eigenvalue weighted by molar-refractivity contribution is 7.13. The van der Waals surface area contributed by atoms with Gasteiger partial charge in [-0.15, -0.1) is 11.3 Å². The number of esters is 1. The van der Waals surface area contributed by atoms with Gasteiger partial charge >= 0.3 is 5.97 Å². The molecule has 2 atom stereocenters. The van der Waals surface area contributed by atoms with Crippen LogP contribution in [0.1, 0.15) is 57.6 Å². The molecule has 0 spiro atoms. The first-order chi connectivity index (χ1) is 14.5. The number of thiazole rings is 1. The van der Waals surface area contributed by atoms with Crippen molar-refractivity contribution in [1.29, 1.82) is 10.8 Å². The number of hydrogen-bond acceptors (Lipinski definition) is 8. The number of anilines is 1. The second-order valence-corrected chi connectivity index (χ2v) is 7.51. The van der Waals surface area contributed by atoms with Crippen LogP contribution in [0.15, 0.2) is 30.5 Å². The fraction of sp³-hybridized carbons (Fsp3) is 0.381. The summed E-state index contributed by atoms with van der Waals surface area (Å²) < 4.78 is 5.03. The maximum Gasteiger partial charge on any atom is 0.349 e. The average Bonchev–Trinajstić information content (AvgIpc) is 3.27. The summed E-state index contributed by atoms with van der Waals surface area (Å²) in [4.78, 5) is 31.6. The van der Waals surface area contributed by atoms with Gasteiger partial charge in [0.05, 0.1) is 23.4 Å². The molecule has 1 fully saturated rings. The van der Waals surface area contributed by atoms with Crippen LogP contribution in [-0.4, -0.2) is 54.4 Å². The zero-order chi connectivity index (χ0) is 22.7. The average molecular weight is 432 g/mol. The predicted octanol–water partition coefficient (Wildman–Crippen LogP) is 3.84. The Labute approximate surface area is 181 Å². The number of amides is 1. The van der Waals surface area contributed by atoms with Crippen LogP contribution >= 0.6 is 11.3 Å². The van der Waals surface area contributed by atoms with Gasteiger partial charge in [0.2, 0.25) is 0 Å². The first-order valence-corrected chi connectivity index (χ1v) is 10.3. The number of carbonyl (C=O) groups is 2. The van der Waals surface area contributed by atoms with Crippen molar-refractivity contribution in [3.05, 3.63) is 45.9 Å². The van der Waals surface area contributed by atoms with E-state index in [0.717, 1.165) is 17.8 Å². The minimum Gasteiger partial charge on any atom is -0.462 e. The molecule has 1 unspecified atom stereocenters. The summed E-state index contributed by atoms with van der Waals surface area (Å²) in [5.41, 5.74) is 7.00. The van der Waals surface area contributed by atoms with Gasteiger partial charge in [0.25, 0.3) is 5.91 Å². The van der Waals surface area contributed by atoms with Crippen molar-refractivity contribution in [2.24, 2.45) is 0 Å². The number of benzene rings is 1. The summed E-state index contributed by atoms with van der Waals surface area (Å²) in [6.45, 7) is 9.75. The molecule has 8 nitrogen and oxygen atoms in total. The molecule has 2 aromatic rings. The molecule has 30 heavy (non-hydrogen) atoms. The van der Waals surface area contributed by atoms with Crippen LogP contribution in [-0.2, 0) is 4.74 Å². The number of ether oxygens (including phenoxy) is 1. The maximum absolute atomic E-state index is 13.0. The van der Waals surface area contributed by atoms with Crippen molar-refractivity contribution in [1.82, 2.24) is 9.88 Å². The zero-order valence-corrected chi connectivity index (χ0v) is 18.2. The Kier molecular flexibility index (Phi) is 10.4.